The van der Waals surface area contributed by atoms with Gasteiger partial charge in [0, 0.05) is 62.9 Å². The van der Waals surface area contributed by atoms with Gasteiger partial charge in [-0.2, -0.15) is 0 Å². The van der Waals surface area contributed by atoms with Crippen LogP contribution in [-0.2, 0) is 11.3 Å². The van der Waals surface area contributed by atoms with E-state index < -0.39 is 12.0 Å². The maximum Gasteiger partial charge on any atom is 0.323 e. The first-order valence-corrected chi connectivity index (χ1v) is 12.4. The van der Waals surface area contributed by atoms with Gasteiger partial charge in [-0.15, -0.1) is 0 Å². The number of piperazine rings is 1. The number of pyridine rings is 1. The van der Waals surface area contributed by atoms with E-state index >= 15 is 0 Å². The molecule has 4 rings (SSSR count). The van der Waals surface area contributed by atoms with Crippen LogP contribution in [0.2, 0.25) is 0 Å². The van der Waals surface area contributed by atoms with Crippen LogP contribution in [0.15, 0.2) is 54.9 Å². The number of aliphatic hydroxyl groups excluding tert-OH is 1. The van der Waals surface area contributed by atoms with Crippen molar-refractivity contribution in [3.05, 3.63) is 60.4 Å². The fraction of sp³-hybridized carbons (Fsp3) is 0.385. The molecule has 1 atom stereocenters. The van der Waals surface area contributed by atoms with Crippen molar-refractivity contribution in [1.29, 1.82) is 0 Å². The molecule has 11 nitrogen and oxygen atoms in total. The van der Waals surface area contributed by atoms with Gasteiger partial charge in [-0.05, 0) is 48.9 Å². The van der Waals surface area contributed by atoms with Gasteiger partial charge < -0.3 is 26.6 Å². The summed E-state index contributed by atoms with van der Waals surface area (Å²) >= 11 is 0. The molecule has 0 amide bonds. The van der Waals surface area contributed by atoms with Crippen LogP contribution < -0.4 is 16.4 Å². The standard InChI is InChI=1S/C26H34N8O3/c27-8-2-9-28-24-6-5-20(16-30-24)22-7-10-29-26(32-22)31-21-4-1-3-19(15-21)17-33-11-13-34(14-12-33)23(18-35)25(36)37/h1,3-7,10,15-16,23,35H,2,8-9,11-14,17-18,27H2,(H,28,30)(H,36,37)(H,29,31,32). The zero-order valence-corrected chi connectivity index (χ0v) is 20.8. The van der Waals surface area contributed by atoms with Crippen LogP contribution in [0.1, 0.15) is 12.0 Å². The van der Waals surface area contributed by atoms with Gasteiger partial charge in [0.2, 0.25) is 5.95 Å². The first-order valence-electron chi connectivity index (χ1n) is 12.4. The van der Waals surface area contributed by atoms with Gasteiger partial charge in [0.25, 0.3) is 0 Å². The third kappa shape index (κ3) is 7.43. The molecule has 0 radical (unpaired) electrons. The lowest BCUT2D eigenvalue weighted by Crippen LogP contribution is -2.53. The molecule has 0 spiro atoms. The number of nitrogens with one attached hydrogen (secondary N) is 2. The Kier molecular flexibility index (Phi) is 9.33. The number of carbonyl (C=O) groups is 1. The number of nitrogens with zero attached hydrogens (tertiary/aromatic N) is 5. The Balaban J connectivity index is 1.34. The number of nitrogens with two attached hydrogens (primary N) is 1. The van der Waals surface area contributed by atoms with Crippen molar-refractivity contribution < 1.29 is 15.0 Å². The second kappa shape index (κ2) is 13.1. The monoisotopic (exact) mass is 506 g/mol. The minimum absolute atomic E-state index is 0.374. The molecule has 2 aromatic heterocycles. The third-order valence-corrected chi connectivity index (χ3v) is 6.30. The molecular formula is C26H34N8O3. The van der Waals surface area contributed by atoms with Crippen molar-refractivity contribution >= 4 is 23.4 Å². The summed E-state index contributed by atoms with van der Waals surface area (Å²) in [4.78, 5) is 28.9. The van der Waals surface area contributed by atoms with Crippen LogP contribution in [0.3, 0.4) is 0 Å². The van der Waals surface area contributed by atoms with Gasteiger partial charge in [0.15, 0.2) is 0 Å². The van der Waals surface area contributed by atoms with Crippen molar-refractivity contribution in [2.75, 3.05) is 56.5 Å². The number of anilines is 3. The molecule has 0 bridgehead atoms. The number of aliphatic hydroxyl groups is 1. The summed E-state index contributed by atoms with van der Waals surface area (Å²) in [5.74, 6) is 0.319. The minimum Gasteiger partial charge on any atom is -0.480 e. The highest BCUT2D eigenvalue weighted by molar-refractivity contribution is 5.73. The van der Waals surface area contributed by atoms with E-state index in [4.69, 9.17) is 5.73 Å². The SMILES string of the molecule is NCCCNc1ccc(-c2ccnc(Nc3cccc(CN4CCN(C(CO)C(=O)O)CC4)c3)n2)cn1. The molecule has 0 aliphatic carbocycles. The Morgan fingerprint density at radius 3 is 2.65 bits per heavy atom. The number of aliphatic carboxylic acids is 1. The predicted molar refractivity (Wildman–Crippen MR) is 143 cm³/mol. The van der Waals surface area contributed by atoms with E-state index in [-0.39, 0.29) is 6.61 Å². The molecule has 11 heteroatoms. The normalized spacial score (nSPS) is 15.3. The summed E-state index contributed by atoms with van der Waals surface area (Å²) in [6.07, 6.45) is 4.40. The molecule has 1 aliphatic heterocycles. The van der Waals surface area contributed by atoms with E-state index in [1.165, 1.54) is 0 Å². The van der Waals surface area contributed by atoms with Crippen molar-refractivity contribution in [2.24, 2.45) is 5.73 Å². The van der Waals surface area contributed by atoms with E-state index in [1.54, 1.807) is 12.4 Å². The first-order chi connectivity index (χ1) is 18.1. The average molecular weight is 507 g/mol. The summed E-state index contributed by atoms with van der Waals surface area (Å²) in [5.41, 5.74) is 9.22. The van der Waals surface area contributed by atoms with Crippen LogP contribution in [0.5, 0.6) is 0 Å². The highest BCUT2D eigenvalue weighted by atomic mass is 16.4. The molecular weight excluding hydrogens is 472 g/mol. The van der Waals surface area contributed by atoms with Crippen LogP contribution in [0.4, 0.5) is 17.5 Å². The number of rotatable bonds is 12. The van der Waals surface area contributed by atoms with Gasteiger partial charge >= 0.3 is 5.97 Å². The van der Waals surface area contributed by atoms with Gasteiger partial charge in [-0.1, -0.05) is 12.1 Å². The van der Waals surface area contributed by atoms with Crippen molar-refractivity contribution in [3.8, 4) is 11.3 Å². The maximum absolute atomic E-state index is 11.3. The Hall–Kier alpha value is -3.64. The molecule has 1 aromatic carbocycles. The molecule has 1 saturated heterocycles. The zero-order valence-electron chi connectivity index (χ0n) is 20.8. The Bertz CT molecular complexity index is 1150. The highest BCUT2D eigenvalue weighted by Crippen LogP contribution is 2.21. The number of benzene rings is 1. The minimum atomic E-state index is -0.982. The molecule has 1 aliphatic rings. The number of hydrogen-bond donors (Lipinski definition) is 5. The Labute approximate surface area is 216 Å². The quantitative estimate of drug-likeness (QED) is 0.228. The molecule has 3 aromatic rings. The highest BCUT2D eigenvalue weighted by Gasteiger charge is 2.28. The summed E-state index contributed by atoms with van der Waals surface area (Å²) in [6.45, 7) is 4.49. The maximum atomic E-state index is 11.3. The van der Waals surface area contributed by atoms with Crippen molar-refractivity contribution in [3.63, 3.8) is 0 Å². The van der Waals surface area contributed by atoms with Crippen molar-refractivity contribution in [1.82, 2.24) is 24.8 Å². The first kappa shape index (κ1) is 26.4. The number of aromatic nitrogens is 3. The average Bonchev–Trinajstić information content (AvgIpc) is 2.91. The lowest BCUT2D eigenvalue weighted by molar-refractivity contribution is -0.145. The lowest BCUT2D eigenvalue weighted by atomic mass is 10.1. The smallest absolute Gasteiger partial charge is 0.323 e. The molecule has 6 N–H and O–H groups in total. The van der Waals surface area contributed by atoms with E-state index in [2.05, 4.69) is 42.6 Å². The van der Waals surface area contributed by atoms with Gasteiger partial charge in [0.1, 0.15) is 11.9 Å². The molecule has 3 heterocycles. The van der Waals surface area contributed by atoms with E-state index in [0.29, 0.717) is 25.6 Å². The second-order valence-corrected chi connectivity index (χ2v) is 8.94. The fourth-order valence-electron chi connectivity index (χ4n) is 4.27. The Morgan fingerprint density at radius 1 is 1.11 bits per heavy atom. The zero-order chi connectivity index (χ0) is 26.0. The van der Waals surface area contributed by atoms with Crippen LogP contribution in [-0.4, -0.2) is 92.9 Å². The Morgan fingerprint density at radius 2 is 1.95 bits per heavy atom. The van der Waals surface area contributed by atoms with E-state index in [0.717, 1.165) is 60.9 Å². The number of carboxylic acid groups (broad SMARTS) is 1. The van der Waals surface area contributed by atoms with Crippen molar-refractivity contribution in [2.45, 2.75) is 19.0 Å². The summed E-state index contributed by atoms with van der Waals surface area (Å²) in [6, 6.07) is 13.0. The predicted octanol–water partition coefficient (Wildman–Crippen LogP) is 1.61. The number of carboxylic acids is 1. The van der Waals surface area contributed by atoms with E-state index in [9.17, 15) is 15.0 Å². The second-order valence-electron chi connectivity index (χ2n) is 8.94. The van der Waals surface area contributed by atoms with Gasteiger partial charge in [-0.3, -0.25) is 14.6 Å². The fourth-order valence-corrected chi connectivity index (χ4v) is 4.27. The summed E-state index contributed by atoms with van der Waals surface area (Å²) < 4.78 is 0. The van der Waals surface area contributed by atoms with Gasteiger partial charge in [-0.25, -0.2) is 15.0 Å². The molecule has 1 unspecified atom stereocenters. The molecule has 1 fully saturated rings. The van der Waals surface area contributed by atoms with Gasteiger partial charge in [0.05, 0.1) is 12.3 Å². The van der Waals surface area contributed by atoms with Crippen LogP contribution >= 0.6 is 0 Å². The van der Waals surface area contributed by atoms with Crippen LogP contribution in [0.25, 0.3) is 11.3 Å². The summed E-state index contributed by atoms with van der Waals surface area (Å²) in [7, 11) is 0. The third-order valence-electron chi connectivity index (χ3n) is 6.30. The van der Waals surface area contributed by atoms with E-state index in [1.807, 2.05) is 35.2 Å². The molecule has 37 heavy (non-hydrogen) atoms. The molecule has 196 valence electrons. The van der Waals surface area contributed by atoms with Crippen LogP contribution in [0, 0.1) is 0 Å². The molecule has 0 saturated carbocycles. The lowest BCUT2D eigenvalue weighted by Gasteiger charge is -2.37. The number of hydrogen-bond acceptors (Lipinski definition) is 10. The summed E-state index contributed by atoms with van der Waals surface area (Å²) in [5, 5.41) is 25.2. The topological polar surface area (TPSA) is 153 Å². The largest absolute Gasteiger partial charge is 0.480 e.